The van der Waals surface area contributed by atoms with Gasteiger partial charge in [-0.25, -0.2) is 0 Å². The van der Waals surface area contributed by atoms with Crippen LogP contribution in [0.2, 0.25) is 0 Å². The zero-order valence-corrected chi connectivity index (χ0v) is 10.6. The first kappa shape index (κ1) is 14.4. The molecule has 0 unspecified atom stereocenters. The molecule has 0 heterocycles. The third kappa shape index (κ3) is 6.50. The van der Waals surface area contributed by atoms with Crippen LogP contribution >= 0.6 is 0 Å². The standard InChI is InChI=1S/C12H25NO2/c1-5-8-9-15-12(14)10-13(4)11(6-2)7-3/h11H,5-10H2,1-4H3. The third-order valence-electron chi connectivity index (χ3n) is 2.71. The molecule has 0 aromatic heterocycles. The van der Waals surface area contributed by atoms with E-state index in [0.29, 0.717) is 19.2 Å². The number of carbonyl (C=O) groups excluding carboxylic acids is 1. The van der Waals surface area contributed by atoms with Gasteiger partial charge in [0.25, 0.3) is 0 Å². The molecule has 0 aliphatic rings. The number of ether oxygens (including phenoxy) is 1. The number of esters is 1. The van der Waals surface area contributed by atoms with Crippen molar-refractivity contribution in [3.05, 3.63) is 0 Å². The maximum atomic E-state index is 11.4. The zero-order chi connectivity index (χ0) is 11.7. The van der Waals surface area contributed by atoms with E-state index in [9.17, 15) is 4.79 Å². The highest BCUT2D eigenvalue weighted by Crippen LogP contribution is 2.05. The molecule has 0 spiro atoms. The maximum absolute atomic E-state index is 11.4. The molecule has 0 aromatic carbocycles. The van der Waals surface area contributed by atoms with Crippen LogP contribution in [0, 0.1) is 0 Å². The molecular weight excluding hydrogens is 190 g/mol. The summed E-state index contributed by atoms with van der Waals surface area (Å²) < 4.78 is 5.11. The highest BCUT2D eigenvalue weighted by atomic mass is 16.5. The smallest absolute Gasteiger partial charge is 0.320 e. The van der Waals surface area contributed by atoms with Gasteiger partial charge in [0.15, 0.2) is 0 Å². The SMILES string of the molecule is CCCCOC(=O)CN(C)C(CC)CC. The van der Waals surface area contributed by atoms with E-state index >= 15 is 0 Å². The van der Waals surface area contributed by atoms with Crippen LogP contribution in [0.3, 0.4) is 0 Å². The van der Waals surface area contributed by atoms with Crippen LogP contribution in [-0.4, -0.2) is 37.1 Å². The molecule has 3 nitrogen and oxygen atoms in total. The Bertz CT molecular complexity index is 167. The van der Waals surface area contributed by atoms with E-state index < -0.39 is 0 Å². The van der Waals surface area contributed by atoms with Crippen LogP contribution in [0.15, 0.2) is 0 Å². The van der Waals surface area contributed by atoms with E-state index in [1.165, 1.54) is 0 Å². The molecule has 3 heteroatoms. The van der Waals surface area contributed by atoms with E-state index in [1.807, 2.05) is 7.05 Å². The summed E-state index contributed by atoms with van der Waals surface area (Å²) in [4.78, 5) is 13.5. The lowest BCUT2D eigenvalue weighted by molar-refractivity contribution is -0.145. The fourth-order valence-electron chi connectivity index (χ4n) is 1.62. The molecule has 0 N–H and O–H groups in total. The number of unbranched alkanes of at least 4 members (excludes halogenated alkanes) is 1. The van der Waals surface area contributed by atoms with Crippen LogP contribution in [-0.2, 0) is 9.53 Å². The van der Waals surface area contributed by atoms with Gasteiger partial charge >= 0.3 is 5.97 Å². The summed E-state index contributed by atoms with van der Waals surface area (Å²) in [6.45, 7) is 7.35. The first-order valence-corrected chi connectivity index (χ1v) is 6.01. The van der Waals surface area contributed by atoms with Gasteiger partial charge in [0.1, 0.15) is 0 Å². The largest absolute Gasteiger partial charge is 0.465 e. The molecule has 0 radical (unpaired) electrons. The number of hydrogen-bond donors (Lipinski definition) is 0. The highest BCUT2D eigenvalue weighted by Gasteiger charge is 2.14. The Labute approximate surface area is 93.8 Å². The minimum absolute atomic E-state index is 0.0992. The van der Waals surface area contributed by atoms with Crippen LogP contribution in [0.4, 0.5) is 0 Å². The number of carbonyl (C=O) groups is 1. The lowest BCUT2D eigenvalue weighted by Crippen LogP contribution is -2.35. The summed E-state index contributed by atoms with van der Waals surface area (Å²) in [6, 6.07) is 0.490. The topological polar surface area (TPSA) is 29.5 Å². The minimum Gasteiger partial charge on any atom is -0.465 e. The van der Waals surface area contributed by atoms with Crippen molar-refractivity contribution in [3.63, 3.8) is 0 Å². The van der Waals surface area contributed by atoms with E-state index in [-0.39, 0.29) is 5.97 Å². The van der Waals surface area contributed by atoms with E-state index in [1.54, 1.807) is 0 Å². The minimum atomic E-state index is -0.0992. The number of likely N-dealkylation sites (N-methyl/N-ethyl adjacent to an activating group) is 1. The molecule has 0 amide bonds. The van der Waals surface area contributed by atoms with E-state index in [4.69, 9.17) is 4.74 Å². The third-order valence-corrected chi connectivity index (χ3v) is 2.71. The lowest BCUT2D eigenvalue weighted by atomic mass is 10.1. The van der Waals surface area contributed by atoms with Gasteiger partial charge in [-0.3, -0.25) is 9.69 Å². The van der Waals surface area contributed by atoms with Crippen molar-refractivity contribution in [2.75, 3.05) is 20.2 Å². The monoisotopic (exact) mass is 215 g/mol. The summed E-state index contributed by atoms with van der Waals surface area (Å²) in [5, 5.41) is 0. The molecule has 0 aromatic rings. The molecule has 15 heavy (non-hydrogen) atoms. The first-order valence-electron chi connectivity index (χ1n) is 6.01. The Balaban J connectivity index is 3.74. The summed E-state index contributed by atoms with van der Waals surface area (Å²) >= 11 is 0. The second-order valence-electron chi connectivity index (χ2n) is 3.96. The number of hydrogen-bond acceptors (Lipinski definition) is 3. The lowest BCUT2D eigenvalue weighted by Gasteiger charge is -2.24. The quantitative estimate of drug-likeness (QED) is 0.460. The molecule has 0 saturated heterocycles. The fourth-order valence-corrected chi connectivity index (χ4v) is 1.62. The summed E-state index contributed by atoms with van der Waals surface area (Å²) in [5.74, 6) is -0.0992. The Morgan fingerprint density at radius 3 is 2.33 bits per heavy atom. The van der Waals surface area contributed by atoms with Gasteiger partial charge < -0.3 is 4.74 Å². The first-order chi connectivity index (χ1) is 7.15. The Morgan fingerprint density at radius 2 is 1.87 bits per heavy atom. The summed E-state index contributed by atoms with van der Waals surface area (Å²) in [5.41, 5.74) is 0. The van der Waals surface area contributed by atoms with Crippen LogP contribution in [0.1, 0.15) is 46.5 Å². The van der Waals surface area contributed by atoms with Crippen LogP contribution < -0.4 is 0 Å². The average molecular weight is 215 g/mol. The van der Waals surface area contributed by atoms with Crippen LogP contribution in [0.25, 0.3) is 0 Å². The van der Waals surface area contributed by atoms with E-state index in [0.717, 1.165) is 25.7 Å². The Kier molecular flexibility index (Phi) is 8.38. The van der Waals surface area contributed by atoms with Gasteiger partial charge in [0.2, 0.25) is 0 Å². The van der Waals surface area contributed by atoms with Gasteiger partial charge in [-0.1, -0.05) is 27.2 Å². The molecule has 90 valence electrons. The molecule has 0 rings (SSSR count). The van der Waals surface area contributed by atoms with Crippen molar-refractivity contribution >= 4 is 5.97 Å². The van der Waals surface area contributed by atoms with Crippen molar-refractivity contribution < 1.29 is 9.53 Å². The molecule has 0 aliphatic heterocycles. The molecule has 0 saturated carbocycles. The molecular formula is C12H25NO2. The van der Waals surface area contributed by atoms with Crippen molar-refractivity contribution in [1.29, 1.82) is 0 Å². The Morgan fingerprint density at radius 1 is 1.27 bits per heavy atom. The number of rotatable bonds is 8. The van der Waals surface area contributed by atoms with Gasteiger partial charge in [0, 0.05) is 6.04 Å². The normalized spacial score (nSPS) is 11.1. The van der Waals surface area contributed by atoms with Crippen molar-refractivity contribution in [1.82, 2.24) is 4.90 Å². The van der Waals surface area contributed by atoms with Gasteiger partial charge in [-0.15, -0.1) is 0 Å². The fraction of sp³-hybridized carbons (Fsp3) is 0.917. The van der Waals surface area contributed by atoms with Gasteiger partial charge in [-0.05, 0) is 26.3 Å². The molecule has 0 atom stereocenters. The van der Waals surface area contributed by atoms with Gasteiger partial charge in [0.05, 0.1) is 13.2 Å². The summed E-state index contributed by atoms with van der Waals surface area (Å²) in [7, 11) is 1.98. The maximum Gasteiger partial charge on any atom is 0.320 e. The van der Waals surface area contributed by atoms with Crippen molar-refractivity contribution in [2.45, 2.75) is 52.5 Å². The summed E-state index contributed by atoms with van der Waals surface area (Å²) in [6.07, 6.45) is 4.18. The average Bonchev–Trinajstić information content (AvgIpc) is 2.20. The zero-order valence-electron chi connectivity index (χ0n) is 10.6. The molecule has 0 bridgehead atoms. The number of nitrogens with zero attached hydrogens (tertiary/aromatic N) is 1. The van der Waals surface area contributed by atoms with Crippen molar-refractivity contribution in [3.8, 4) is 0 Å². The molecule has 0 aliphatic carbocycles. The van der Waals surface area contributed by atoms with Crippen LogP contribution in [0.5, 0.6) is 0 Å². The Hall–Kier alpha value is -0.570. The van der Waals surface area contributed by atoms with Gasteiger partial charge in [-0.2, -0.15) is 0 Å². The predicted molar refractivity (Wildman–Crippen MR) is 62.9 cm³/mol. The highest BCUT2D eigenvalue weighted by molar-refractivity contribution is 5.71. The molecule has 0 fully saturated rings. The predicted octanol–water partition coefficient (Wildman–Crippen LogP) is 2.45. The van der Waals surface area contributed by atoms with E-state index in [2.05, 4.69) is 25.7 Å². The second-order valence-corrected chi connectivity index (χ2v) is 3.96. The van der Waals surface area contributed by atoms with Crippen molar-refractivity contribution in [2.24, 2.45) is 0 Å². The second kappa shape index (κ2) is 8.72.